The van der Waals surface area contributed by atoms with E-state index in [2.05, 4.69) is 0 Å². The summed E-state index contributed by atoms with van der Waals surface area (Å²) >= 11 is 0. The normalized spacial score (nSPS) is 18.3. The number of hydrogen-bond acceptors (Lipinski definition) is 6. The molecule has 5 rings (SSSR count). The third kappa shape index (κ3) is 3.61. The number of anilines is 1. The van der Waals surface area contributed by atoms with Crippen LogP contribution in [0, 0.1) is 0 Å². The van der Waals surface area contributed by atoms with Gasteiger partial charge in [0.2, 0.25) is 0 Å². The van der Waals surface area contributed by atoms with Crippen LogP contribution in [0.5, 0.6) is 5.75 Å². The Labute approximate surface area is 185 Å². The maximum Gasteiger partial charge on any atom is 0.294 e. The Kier molecular flexibility index (Phi) is 5.55. The minimum absolute atomic E-state index is 0.0928. The number of amides is 2. The molecule has 0 N–H and O–H groups in total. The predicted octanol–water partition coefficient (Wildman–Crippen LogP) is 2.85. The van der Waals surface area contributed by atoms with Crippen molar-refractivity contribution in [2.75, 3.05) is 44.9 Å². The molecule has 3 heterocycles. The second kappa shape index (κ2) is 8.64. The Morgan fingerprint density at radius 3 is 2.62 bits per heavy atom. The number of rotatable bonds is 4. The van der Waals surface area contributed by atoms with E-state index in [9.17, 15) is 9.59 Å². The van der Waals surface area contributed by atoms with Crippen molar-refractivity contribution >= 4 is 28.5 Å². The van der Waals surface area contributed by atoms with Crippen LogP contribution < -0.4 is 9.64 Å². The lowest BCUT2D eigenvalue weighted by Gasteiger charge is -2.37. The van der Waals surface area contributed by atoms with E-state index in [0.29, 0.717) is 48.9 Å². The second-order valence-corrected chi connectivity index (χ2v) is 7.77. The fourth-order valence-electron chi connectivity index (χ4n) is 4.22. The van der Waals surface area contributed by atoms with E-state index in [1.807, 2.05) is 36.4 Å². The summed E-state index contributed by atoms with van der Waals surface area (Å²) in [5, 5.41) is 0.834. The van der Waals surface area contributed by atoms with Crippen molar-refractivity contribution in [2.45, 2.75) is 12.7 Å². The van der Waals surface area contributed by atoms with Crippen molar-refractivity contribution in [2.24, 2.45) is 0 Å². The predicted molar refractivity (Wildman–Crippen MR) is 117 cm³/mol. The van der Waals surface area contributed by atoms with Crippen molar-refractivity contribution in [1.29, 1.82) is 0 Å². The molecule has 1 unspecified atom stereocenters. The van der Waals surface area contributed by atoms with Crippen molar-refractivity contribution in [1.82, 2.24) is 4.90 Å². The maximum atomic E-state index is 13.7. The lowest BCUT2D eigenvalue weighted by Crippen LogP contribution is -2.54. The van der Waals surface area contributed by atoms with Crippen molar-refractivity contribution < 1.29 is 28.2 Å². The van der Waals surface area contributed by atoms with E-state index in [0.717, 1.165) is 5.39 Å². The number of benzene rings is 2. The van der Waals surface area contributed by atoms with Gasteiger partial charge in [-0.2, -0.15) is 0 Å². The van der Waals surface area contributed by atoms with Crippen LogP contribution in [0.15, 0.2) is 52.9 Å². The fourth-order valence-corrected chi connectivity index (χ4v) is 4.22. The molecule has 32 heavy (non-hydrogen) atoms. The van der Waals surface area contributed by atoms with Gasteiger partial charge in [-0.15, -0.1) is 0 Å². The Balaban J connectivity index is 1.51. The molecular weight excluding hydrogens is 412 g/mol. The molecular formula is C24H24N2O6. The molecule has 0 spiro atoms. The zero-order valence-corrected chi connectivity index (χ0v) is 17.8. The number of nitrogens with zero attached hydrogens (tertiary/aromatic N) is 2. The minimum Gasteiger partial charge on any atom is -0.476 e. The number of methoxy groups -OCH3 is 1. The topological polar surface area (TPSA) is 81.5 Å². The molecule has 1 saturated heterocycles. The molecule has 0 radical (unpaired) electrons. The standard InChI is InChI=1S/C24H24N2O6/c1-29-15-17-16-6-2-4-8-19(16)32-22(17)24(28)26-14-21(23(27)25-10-12-30-13-11-25)31-20-9-5-3-7-18(20)26/h2-9,21H,10-15H2,1H3. The summed E-state index contributed by atoms with van der Waals surface area (Å²) in [7, 11) is 1.58. The lowest BCUT2D eigenvalue weighted by molar-refractivity contribution is -0.142. The van der Waals surface area contributed by atoms with E-state index in [1.54, 1.807) is 29.0 Å². The average Bonchev–Trinajstić information content (AvgIpc) is 3.21. The van der Waals surface area contributed by atoms with Gasteiger partial charge in [-0.25, -0.2) is 0 Å². The molecule has 0 saturated carbocycles. The van der Waals surface area contributed by atoms with Crippen LogP contribution in [0.1, 0.15) is 16.1 Å². The first-order valence-electron chi connectivity index (χ1n) is 10.6. The number of carbonyl (C=O) groups is 2. The molecule has 2 aliphatic rings. The summed E-state index contributed by atoms with van der Waals surface area (Å²) < 4.78 is 22.7. The van der Waals surface area contributed by atoms with Gasteiger partial charge < -0.3 is 23.5 Å². The lowest BCUT2D eigenvalue weighted by atomic mass is 10.1. The molecule has 1 aromatic heterocycles. The summed E-state index contributed by atoms with van der Waals surface area (Å²) in [6.07, 6.45) is -0.804. The van der Waals surface area contributed by atoms with E-state index >= 15 is 0 Å². The highest BCUT2D eigenvalue weighted by atomic mass is 16.5. The van der Waals surface area contributed by atoms with Crippen LogP contribution in [-0.4, -0.2) is 62.8 Å². The molecule has 0 aliphatic carbocycles. The summed E-state index contributed by atoms with van der Waals surface area (Å²) in [6.45, 7) is 2.34. The first-order valence-corrected chi connectivity index (χ1v) is 10.6. The summed E-state index contributed by atoms with van der Waals surface area (Å²) in [5.41, 5.74) is 1.91. The SMILES string of the molecule is COCc1c(C(=O)N2CC(C(=O)N3CCOCC3)Oc3ccccc32)oc2ccccc12. The van der Waals surface area contributed by atoms with Gasteiger partial charge in [-0.1, -0.05) is 30.3 Å². The van der Waals surface area contributed by atoms with Gasteiger partial charge in [-0.3, -0.25) is 14.5 Å². The van der Waals surface area contributed by atoms with Crippen LogP contribution in [0.2, 0.25) is 0 Å². The van der Waals surface area contributed by atoms with Crippen molar-refractivity contribution in [3.05, 3.63) is 59.9 Å². The van der Waals surface area contributed by atoms with Crippen LogP contribution >= 0.6 is 0 Å². The molecule has 3 aromatic rings. The molecule has 1 fully saturated rings. The smallest absolute Gasteiger partial charge is 0.294 e. The van der Waals surface area contributed by atoms with Crippen LogP contribution in [-0.2, 0) is 20.9 Å². The van der Waals surface area contributed by atoms with Crippen molar-refractivity contribution in [3.8, 4) is 5.75 Å². The van der Waals surface area contributed by atoms with Gasteiger partial charge in [0, 0.05) is 31.1 Å². The summed E-state index contributed by atoms with van der Waals surface area (Å²) in [5.74, 6) is 0.219. The van der Waals surface area contributed by atoms with Gasteiger partial charge in [0.05, 0.1) is 32.1 Å². The Bertz CT molecular complexity index is 1150. The number of carbonyl (C=O) groups excluding carboxylic acids is 2. The molecule has 2 aliphatic heterocycles. The molecule has 2 aromatic carbocycles. The van der Waals surface area contributed by atoms with E-state index in [4.69, 9.17) is 18.6 Å². The quantitative estimate of drug-likeness (QED) is 0.626. The van der Waals surface area contributed by atoms with Crippen LogP contribution in [0.3, 0.4) is 0 Å². The first kappa shape index (κ1) is 20.5. The number of furan rings is 1. The summed E-state index contributed by atoms with van der Waals surface area (Å²) in [4.78, 5) is 30.2. The molecule has 0 bridgehead atoms. The number of fused-ring (bicyclic) bond motifs is 2. The Morgan fingerprint density at radius 1 is 1.06 bits per heavy atom. The highest BCUT2D eigenvalue weighted by molar-refractivity contribution is 6.09. The third-order valence-electron chi connectivity index (χ3n) is 5.80. The van der Waals surface area contributed by atoms with Crippen LogP contribution in [0.4, 0.5) is 5.69 Å². The third-order valence-corrected chi connectivity index (χ3v) is 5.80. The first-order chi connectivity index (χ1) is 15.7. The second-order valence-electron chi connectivity index (χ2n) is 7.77. The largest absolute Gasteiger partial charge is 0.476 e. The number of para-hydroxylation sites is 3. The highest BCUT2D eigenvalue weighted by Crippen LogP contribution is 2.36. The number of hydrogen-bond donors (Lipinski definition) is 0. The monoisotopic (exact) mass is 436 g/mol. The molecule has 8 nitrogen and oxygen atoms in total. The van der Waals surface area contributed by atoms with Gasteiger partial charge in [0.15, 0.2) is 11.9 Å². The maximum absolute atomic E-state index is 13.7. The number of morpholine rings is 1. The minimum atomic E-state index is -0.804. The van der Waals surface area contributed by atoms with Gasteiger partial charge in [0.25, 0.3) is 11.8 Å². The van der Waals surface area contributed by atoms with Crippen molar-refractivity contribution in [3.63, 3.8) is 0 Å². The van der Waals surface area contributed by atoms with E-state index in [-0.39, 0.29) is 30.7 Å². The summed E-state index contributed by atoms with van der Waals surface area (Å²) in [6, 6.07) is 14.7. The molecule has 8 heteroatoms. The highest BCUT2D eigenvalue weighted by Gasteiger charge is 2.38. The Hall–Kier alpha value is -3.36. The number of ether oxygens (including phenoxy) is 3. The molecule has 1 atom stereocenters. The molecule has 2 amide bonds. The van der Waals surface area contributed by atoms with Gasteiger partial charge >= 0.3 is 0 Å². The van der Waals surface area contributed by atoms with E-state index < -0.39 is 6.10 Å². The zero-order chi connectivity index (χ0) is 22.1. The Morgan fingerprint density at radius 2 is 1.81 bits per heavy atom. The zero-order valence-electron chi connectivity index (χ0n) is 17.8. The van der Waals surface area contributed by atoms with Crippen LogP contribution in [0.25, 0.3) is 11.0 Å². The average molecular weight is 436 g/mol. The molecule has 166 valence electrons. The van der Waals surface area contributed by atoms with Gasteiger partial charge in [0.1, 0.15) is 11.3 Å². The van der Waals surface area contributed by atoms with Gasteiger partial charge in [-0.05, 0) is 18.2 Å². The van der Waals surface area contributed by atoms with E-state index in [1.165, 1.54) is 0 Å². The fraction of sp³-hybridized carbons (Fsp3) is 0.333.